The highest BCUT2D eigenvalue weighted by Gasteiger charge is 2.44. The zero-order chi connectivity index (χ0) is 14.6. The summed E-state index contributed by atoms with van der Waals surface area (Å²) in [4.78, 5) is 0. The normalized spacial score (nSPS) is 30.5. The Morgan fingerprint density at radius 1 is 1.58 bits per heavy atom. The first-order valence-electron chi connectivity index (χ1n) is 6.08. The molecule has 108 valence electrons. The van der Waals surface area contributed by atoms with Crippen molar-refractivity contribution >= 4 is 23.2 Å². The first-order valence-corrected chi connectivity index (χ1v) is 6.99. The Morgan fingerprint density at radius 2 is 2.21 bits per heavy atom. The second-order valence-electron chi connectivity index (χ2n) is 4.60. The van der Waals surface area contributed by atoms with E-state index in [4.69, 9.17) is 32.7 Å². The van der Waals surface area contributed by atoms with E-state index >= 15 is 0 Å². The maximum Gasteiger partial charge on any atom is 0.209 e. The van der Waals surface area contributed by atoms with Crippen molar-refractivity contribution in [3.8, 4) is 0 Å². The third-order valence-corrected chi connectivity index (χ3v) is 3.31. The van der Waals surface area contributed by atoms with Crippen LogP contribution in [0.5, 0.6) is 0 Å². The van der Waals surface area contributed by atoms with Gasteiger partial charge in [0.05, 0.1) is 18.6 Å². The molecule has 0 saturated carbocycles. The highest BCUT2D eigenvalue weighted by molar-refractivity contribution is 6.29. The second kappa shape index (κ2) is 6.89. The van der Waals surface area contributed by atoms with Gasteiger partial charge in [0.2, 0.25) is 5.79 Å². The molecule has 1 heterocycles. The number of rotatable bonds is 5. The van der Waals surface area contributed by atoms with E-state index in [1.807, 2.05) is 6.92 Å². The van der Waals surface area contributed by atoms with E-state index in [0.29, 0.717) is 17.2 Å². The smallest absolute Gasteiger partial charge is 0.209 e. The van der Waals surface area contributed by atoms with E-state index in [-0.39, 0.29) is 17.6 Å². The van der Waals surface area contributed by atoms with Crippen LogP contribution in [0.2, 0.25) is 0 Å². The molecule has 1 saturated heterocycles. The Balaban J connectivity index is 3.19. The van der Waals surface area contributed by atoms with Gasteiger partial charge in [-0.2, -0.15) is 0 Å². The molecule has 3 unspecified atom stereocenters. The van der Waals surface area contributed by atoms with Crippen LogP contribution in [0, 0.1) is 0 Å². The van der Waals surface area contributed by atoms with Gasteiger partial charge in [0.25, 0.3) is 0 Å². The van der Waals surface area contributed by atoms with Crippen LogP contribution in [0.1, 0.15) is 20.8 Å². The first-order chi connectivity index (χ1) is 8.82. The van der Waals surface area contributed by atoms with Gasteiger partial charge in [-0.25, -0.2) is 4.39 Å². The fourth-order valence-electron chi connectivity index (χ4n) is 1.82. The van der Waals surface area contributed by atoms with Crippen LogP contribution in [0.3, 0.4) is 0 Å². The first kappa shape index (κ1) is 16.7. The Kier molecular flexibility index (Phi) is 6.06. The van der Waals surface area contributed by atoms with Crippen LogP contribution < -0.4 is 0 Å². The monoisotopic (exact) mass is 308 g/mol. The molecule has 0 amide bonds. The van der Waals surface area contributed by atoms with Crippen molar-refractivity contribution in [3.63, 3.8) is 0 Å². The number of allylic oxidation sites excluding steroid dienone is 3. The lowest BCUT2D eigenvalue weighted by Crippen LogP contribution is -2.37. The van der Waals surface area contributed by atoms with Crippen LogP contribution in [-0.4, -0.2) is 30.5 Å². The molecule has 0 aromatic rings. The Labute approximate surface area is 123 Å². The van der Waals surface area contributed by atoms with Crippen molar-refractivity contribution in [2.75, 3.05) is 12.5 Å². The summed E-state index contributed by atoms with van der Waals surface area (Å²) in [6, 6.07) is 0. The molecule has 0 aliphatic carbocycles. The number of ether oxygens (including phenoxy) is 2. The van der Waals surface area contributed by atoms with Crippen molar-refractivity contribution in [2.24, 2.45) is 0 Å². The molecule has 1 fully saturated rings. The average Bonchev–Trinajstić information content (AvgIpc) is 2.71. The molecule has 3 atom stereocenters. The van der Waals surface area contributed by atoms with E-state index in [9.17, 15) is 4.39 Å². The summed E-state index contributed by atoms with van der Waals surface area (Å²) in [5.74, 6) is -1.09. The molecule has 0 bridgehead atoms. The number of alkyl halides is 2. The summed E-state index contributed by atoms with van der Waals surface area (Å²) in [6.45, 7) is 9.17. The third kappa shape index (κ3) is 4.06. The van der Waals surface area contributed by atoms with Gasteiger partial charge >= 0.3 is 0 Å². The molecule has 5 heteroatoms. The molecular formula is C14H19Cl2FO2. The van der Waals surface area contributed by atoms with Gasteiger partial charge in [-0.3, -0.25) is 0 Å². The second-order valence-corrected chi connectivity index (χ2v) is 5.46. The number of hydrogen-bond donors (Lipinski definition) is 0. The SMILES string of the molecule is C=C(/C(=C\C=C(/C)Cl)C1(CCl)OCC(C)O1)C(C)F. The van der Waals surface area contributed by atoms with Crippen molar-refractivity contribution in [1.82, 2.24) is 0 Å². The molecule has 1 aliphatic heterocycles. The fraction of sp³-hybridized carbons (Fsp3) is 0.571. The van der Waals surface area contributed by atoms with Gasteiger partial charge in [-0.1, -0.05) is 24.3 Å². The Hall–Kier alpha value is -0.350. The molecular weight excluding hydrogens is 290 g/mol. The summed E-state index contributed by atoms with van der Waals surface area (Å²) >= 11 is 11.8. The van der Waals surface area contributed by atoms with Crippen LogP contribution >= 0.6 is 23.2 Å². The van der Waals surface area contributed by atoms with E-state index in [1.54, 1.807) is 19.1 Å². The van der Waals surface area contributed by atoms with Crippen molar-refractivity contribution in [3.05, 3.63) is 34.9 Å². The number of hydrogen-bond acceptors (Lipinski definition) is 2. The highest BCUT2D eigenvalue weighted by Crippen LogP contribution is 2.37. The van der Waals surface area contributed by atoms with Crippen molar-refractivity contribution in [2.45, 2.75) is 38.8 Å². The van der Waals surface area contributed by atoms with Crippen molar-refractivity contribution in [1.29, 1.82) is 0 Å². The molecule has 19 heavy (non-hydrogen) atoms. The van der Waals surface area contributed by atoms with Gasteiger partial charge in [0.15, 0.2) is 0 Å². The minimum Gasteiger partial charge on any atom is -0.342 e. The van der Waals surface area contributed by atoms with Crippen LogP contribution in [0.15, 0.2) is 34.9 Å². The lowest BCUT2D eigenvalue weighted by atomic mass is 9.96. The summed E-state index contributed by atoms with van der Waals surface area (Å²) in [7, 11) is 0. The lowest BCUT2D eigenvalue weighted by molar-refractivity contribution is -0.116. The quantitative estimate of drug-likeness (QED) is 0.555. The Morgan fingerprint density at radius 3 is 2.58 bits per heavy atom. The topological polar surface area (TPSA) is 18.5 Å². The van der Waals surface area contributed by atoms with Crippen LogP contribution in [0.25, 0.3) is 0 Å². The molecule has 2 nitrogen and oxygen atoms in total. The lowest BCUT2D eigenvalue weighted by Gasteiger charge is -2.30. The average molecular weight is 309 g/mol. The van der Waals surface area contributed by atoms with Gasteiger partial charge in [0.1, 0.15) is 6.17 Å². The minimum absolute atomic E-state index is 0.0596. The maximum atomic E-state index is 13.6. The molecule has 1 rings (SSSR count). The summed E-state index contributed by atoms with van der Waals surface area (Å²) in [5.41, 5.74) is 0.769. The molecule has 0 N–H and O–H groups in total. The molecule has 0 aromatic carbocycles. The largest absolute Gasteiger partial charge is 0.342 e. The highest BCUT2D eigenvalue weighted by atomic mass is 35.5. The van der Waals surface area contributed by atoms with E-state index < -0.39 is 12.0 Å². The van der Waals surface area contributed by atoms with Gasteiger partial charge in [-0.05, 0) is 32.4 Å². The number of halogens is 3. The fourth-order valence-corrected chi connectivity index (χ4v) is 2.17. The predicted octanol–water partition coefficient (Wildman–Crippen LogP) is 4.34. The van der Waals surface area contributed by atoms with Gasteiger partial charge in [0, 0.05) is 10.6 Å². The predicted molar refractivity (Wildman–Crippen MR) is 77.4 cm³/mol. The summed E-state index contributed by atoms with van der Waals surface area (Å²) in [6.07, 6.45) is 1.97. The third-order valence-electron chi connectivity index (χ3n) is 2.83. The van der Waals surface area contributed by atoms with E-state index in [1.165, 1.54) is 6.92 Å². The van der Waals surface area contributed by atoms with Crippen molar-refractivity contribution < 1.29 is 13.9 Å². The van der Waals surface area contributed by atoms with E-state index in [0.717, 1.165) is 0 Å². The molecule has 0 radical (unpaired) electrons. The molecule has 0 spiro atoms. The zero-order valence-electron chi connectivity index (χ0n) is 11.4. The van der Waals surface area contributed by atoms with Gasteiger partial charge < -0.3 is 9.47 Å². The minimum atomic E-state index is -1.22. The molecule has 1 aliphatic rings. The van der Waals surface area contributed by atoms with Gasteiger partial charge in [-0.15, -0.1) is 11.6 Å². The summed E-state index contributed by atoms with van der Waals surface area (Å²) in [5, 5.41) is 0.563. The van der Waals surface area contributed by atoms with Crippen LogP contribution in [0.4, 0.5) is 4.39 Å². The van der Waals surface area contributed by atoms with Crippen LogP contribution in [-0.2, 0) is 9.47 Å². The van der Waals surface area contributed by atoms with E-state index in [2.05, 4.69) is 6.58 Å². The zero-order valence-corrected chi connectivity index (χ0v) is 12.9. The maximum absolute atomic E-state index is 13.6. The Bertz CT molecular complexity index is 400. The summed E-state index contributed by atoms with van der Waals surface area (Å²) < 4.78 is 25.0. The molecule has 0 aromatic heterocycles. The standard InChI is InChI=1S/C14H19Cl2FO2/c1-9(16)5-6-13(11(3)12(4)17)14(8-15)18-7-10(2)19-14/h5-6,10,12H,3,7-8H2,1-2,4H3/b9-5+,13-6+.